The van der Waals surface area contributed by atoms with Crippen molar-refractivity contribution in [2.75, 3.05) is 0 Å². The third-order valence-corrected chi connectivity index (χ3v) is 5.53. The van der Waals surface area contributed by atoms with Crippen molar-refractivity contribution in [3.05, 3.63) is 70.4 Å². The lowest BCUT2D eigenvalue weighted by Gasteiger charge is -2.10. The van der Waals surface area contributed by atoms with Gasteiger partial charge in [-0.2, -0.15) is 10.3 Å². The highest BCUT2D eigenvalue weighted by molar-refractivity contribution is 5.80. The highest BCUT2D eigenvalue weighted by Crippen LogP contribution is 2.29. The number of aromatic amines is 1. The molecule has 0 atom stereocenters. The number of aryl methyl sites for hydroxylation is 2. The van der Waals surface area contributed by atoms with Crippen molar-refractivity contribution in [3.8, 4) is 34.9 Å². The van der Waals surface area contributed by atoms with Crippen LogP contribution >= 0.6 is 0 Å². The SMILES string of the molecule is C#CCCn1nc(CCC(C)C)n(Cc2ccc(-c3ccccc3-c3nn[nH]n3)cc2)c1=O. The van der Waals surface area contributed by atoms with Crippen LogP contribution in [0.25, 0.3) is 22.5 Å². The van der Waals surface area contributed by atoms with E-state index in [2.05, 4.69) is 57.6 Å². The molecule has 2 aromatic heterocycles. The molecule has 2 heterocycles. The molecule has 0 amide bonds. The molecule has 0 bridgehead atoms. The van der Waals surface area contributed by atoms with E-state index >= 15 is 0 Å². The van der Waals surface area contributed by atoms with Gasteiger partial charge >= 0.3 is 5.69 Å². The molecule has 0 radical (unpaired) electrons. The van der Waals surface area contributed by atoms with Gasteiger partial charge in [-0.15, -0.1) is 22.5 Å². The number of terminal acetylenes is 1. The fourth-order valence-corrected chi connectivity index (χ4v) is 3.74. The highest BCUT2D eigenvalue weighted by atomic mass is 16.2. The standard InChI is InChI=1S/C25H27N7O/c1-4-5-16-32-25(33)31(23(28-32)15-10-18(2)3)17-19-11-13-20(14-12-19)21-8-6-7-9-22(21)24-26-29-30-27-24/h1,6-9,11-14,18H,5,10,15-17H2,2-3H3,(H,26,27,29,30). The molecule has 8 heteroatoms. The summed E-state index contributed by atoms with van der Waals surface area (Å²) in [6.45, 7) is 5.24. The van der Waals surface area contributed by atoms with Crippen LogP contribution in [0.5, 0.6) is 0 Å². The van der Waals surface area contributed by atoms with Crippen LogP contribution in [0.3, 0.4) is 0 Å². The van der Waals surface area contributed by atoms with Gasteiger partial charge in [-0.3, -0.25) is 4.57 Å². The molecule has 0 aliphatic carbocycles. The number of nitrogens with zero attached hydrogens (tertiary/aromatic N) is 6. The molecule has 1 N–H and O–H groups in total. The fraction of sp³-hybridized carbons (Fsp3) is 0.320. The minimum Gasteiger partial charge on any atom is -0.274 e. The van der Waals surface area contributed by atoms with E-state index in [1.54, 1.807) is 4.57 Å². The largest absolute Gasteiger partial charge is 0.346 e. The second-order valence-electron chi connectivity index (χ2n) is 8.37. The van der Waals surface area contributed by atoms with Crippen molar-refractivity contribution in [1.82, 2.24) is 35.0 Å². The maximum atomic E-state index is 13.0. The molecule has 33 heavy (non-hydrogen) atoms. The van der Waals surface area contributed by atoms with E-state index in [4.69, 9.17) is 6.42 Å². The molecule has 4 rings (SSSR count). The molecular weight excluding hydrogens is 414 g/mol. The van der Waals surface area contributed by atoms with Crippen LogP contribution in [-0.4, -0.2) is 35.0 Å². The Morgan fingerprint density at radius 1 is 1.09 bits per heavy atom. The van der Waals surface area contributed by atoms with E-state index in [-0.39, 0.29) is 5.69 Å². The lowest BCUT2D eigenvalue weighted by molar-refractivity contribution is 0.555. The third kappa shape index (κ3) is 5.09. The number of nitrogens with one attached hydrogen (secondary N) is 1. The summed E-state index contributed by atoms with van der Waals surface area (Å²) in [5, 5.41) is 19.0. The van der Waals surface area contributed by atoms with Gasteiger partial charge in [-0.25, -0.2) is 9.48 Å². The Morgan fingerprint density at radius 2 is 1.85 bits per heavy atom. The summed E-state index contributed by atoms with van der Waals surface area (Å²) in [4.78, 5) is 13.0. The number of rotatable bonds is 9. The fourth-order valence-electron chi connectivity index (χ4n) is 3.74. The maximum absolute atomic E-state index is 13.0. The molecule has 0 spiro atoms. The summed E-state index contributed by atoms with van der Waals surface area (Å²) >= 11 is 0. The highest BCUT2D eigenvalue weighted by Gasteiger charge is 2.15. The number of benzene rings is 2. The number of aromatic nitrogens is 7. The van der Waals surface area contributed by atoms with Crippen LogP contribution in [-0.2, 0) is 19.5 Å². The second-order valence-corrected chi connectivity index (χ2v) is 8.37. The number of hydrogen-bond acceptors (Lipinski definition) is 5. The van der Waals surface area contributed by atoms with E-state index < -0.39 is 0 Å². The van der Waals surface area contributed by atoms with Crippen molar-refractivity contribution in [1.29, 1.82) is 0 Å². The van der Waals surface area contributed by atoms with Gasteiger partial charge in [0.1, 0.15) is 5.82 Å². The van der Waals surface area contributed by atoms with Gasteiger partial charge in [0.2, 0.25) is 5.82 Å². The molecule has 0 saturated carbocycles. The monoisotopic (exact) mass is 441 g/mol. The second kappa shape index (κ2) is 10.1. The molecular formula is C25H27N7O. The van der Waals surface area contributed by atoms with Crippen LogP contribution in [0, 0.1) is 18.3 Å². The molecule has 0 unspecified atom stereocenters. The van der Waals surface area contributed by atoms with Crippen LogP contribution in [0.15, 0.2) is 53.3 Å². The van der Waals surface area contributed by atoms with Gasteiger partial charge in [0.05, 0.1) is 13.1 Å². The minimum atomic E-state index is -0.115. The first-order valence-corrected chi connectivity index (χ1v) is 11.1. The van der Waals surface area contributed by atoms with Gasteiger partial charge in [0.15, 0.2) is 0 Å². The van der Waals surface area contributed by atoms with E-state index in [1.807, 2.05) is 36.4 Å². The summed E-state index contributed by atoms with van der Waals surface area (Å²) in [5.41, 5.74) is 3.87. The van der Waals surface area contributed by atoms with Crippen LogP contribution < -0.4 is 5.69 Å². The quantitative estimate of drug-likeness (QED) is 0.401. The third-order valence-electron chi connectivity index (χ3n) is 5.53. The molecule has 2 aromatic carbocycles. The average Bonchev–Trinajstić information content (AvgIpc) is 3.46. The Kier molecular flexibility index (Phi) is 6.79. The molecule has 168 valence electrons. The lowest BCUT2D eigenvalue weighted by Crippen LogP contribution is -2.26. The molecule has 0 saturated heterocycles. The average molecular weight is 442 g/mol. The maximum Gasteiger partial charge on any atom is 0.346 e. The first-order chi connectivity index (χ1) is 16.1. The number of tetrazole rings is 1. The Labute approximate surface area is 192 Å². The summed E-state index contributed by atoms with van der Waals surface area (Å²) < 4.78 is 3.26. The van der Waals surface area contributed by atoms with Crippen molar-refractivity contribution < 1.29 is 0 Å². The summed E-state index contributed by atoms with van der Waals surface area (Å²) in [5.74, 6) is 4.47. The van der Waals surface area contributed by atoms with Gasteiger partial charge in [0, 0.05) is 18.4 Å². The van der Waals surface area contributed by atoms with Gasteiger partial charge in [0.25, 0.3) is 0 Å². The number of H-pyrrole nitrogens is 1. The zero-order valence-electron chi connectivity index (χ0n) is 18.9. The Hall–Kier alpha value is -3.99. The first kappa shape index (κ1) is 22.2. The van der Waals surface area contributed by atoms with E-state index in [1.165, 1.54) is 4.68 Å². The van der Waals surface area contributed by atoms with E-state index in [0.717, 1.165) is 40.9 Å². The Bertz CT molecular complexity index is 1290. The van der Waals surface area contributed by atoms with Crippen LogP contribution in [0.2, 0.25) is 0 Å². The van der Waals surface area contributed by atoms with Crippen molar-refractivity contribution >= 4 is 0 Å². The number of hydrogen-bond donors (Lipinski definition) is 1. The summed E-state index contributed by atoms with van der Waals surface area (Å²) in [7, 11) is 0. The van der Waals surface area contributed by atoms with Crippen LogP contribution in [0.4, 0.5) is 0 Å². The van der Waals surface area contributed by atoms with Gasteiger partial charge in [-0.05, 0) is 34.2 Å². The molecule has 4 aromatic rings. The molecule has 8 nitrogen and oxygen atoms in total. The van der Waals surface area contributed by atoms with Crippen molar-refractivity contribution in [2.24, 2.45) is 5.92 Å². The zero-order valence-corrected chi connectivity index (χ0v) is 18.9. The van der Waals surface area contributed by atoms with Crippen molar-refractivity contribution in [3.63, 3.8) is 0 Å². The van der Waals surface area contributed by atoms with E-state index in [9.17, 15) is 4.79 Å². The van der Waals surface area contributed by atoms with Crippen molar-refractivity contribution in [2.45, 2.75) is 46.2 Å². The Balaban J connectivity index is 1.61. The molecule has 0 aliphatic rings. The van der Waals surface area contributed by atoms with Gasteiger partial charge in [-0.1, -0.05) is 62.4 Å². The summed E-state index contributed by atoms with van der Waals surface area (Å²) in [6.07, 6.45) is 7.59. The topological polar surface area (TPSA) is 94.3 Å². The molecule has 0 fully saturated rings. The predicted molar refractivity (Wildman–Crippen MR) is 127 cm³/mol. The minimum absolute atomic E-state index is 0.115. The summed E-state index contributed by atoms with van der Waals surface area (Å²) in [6, 6.07) is 16.1. The first-order valence-electron chi connectivity index (χ1n) is 11.1. The normalized spacial score (nSPS) is 11.1. The van der Waals surface area contributed by atoms with E-state index in [0.29, 0.717) is 31.3 Å². The molecule has 0 aliphatic heterocycles. The predicted octanol–water partition coefficient (Wildman–Crippen LogP) is 3.55. The Morgan fingerprint density at radius 3 is 2.52 bits per heavy atom. The zero-order chi connectivity index (χ0) is 23.2. The lowest BCUT2D eigenvalue weighted by atomic mass is 9.98. The van der Waals surface area contributed by atoms with Gasteiger partial charge < -0.3 is 0 Å². The smallest absolute Gasteiger partial charge is 0.274 e. The van der Waals surface area contributed by atoms with Crippen LogP contribution in [0.1, 0.15) is 38.1 Å².